The Kier molecular flexibility index (Phi) is 10.5. The molecular formula is C40H52N4O5S. The zero-order valence-corrected chi connectivity index (χ0v) is 30.6. The van der Waals surface area contributed by atoms with Crippen LogP contribution in [0.3, 0.4) is 0 Å². The van der Waals surface area contributed by atoms with Gasteiger partial charge in [0.05, 0.1) is 34.5 Å². The molecule has 0 radical (unpaired) electrons. The fourth-order valence-electron chi connectivity index (χ4n) is 8.10. The first kappa shape index (κ1) is 34.9. The molecule has 10 heteroatoms. The summed E-state index contributed by atoms with van der Waals surface area (Å²) in [5, 5.41) is 11.5. The van der Waals surface area contributed by atoms with Crippen molar-refractivity contribution in [3.63, 3.8) is 0 Å². The zero-order chi connectivity index (χ0) is 34.8. The van der Waals surface area contributed by atoms with E-state index in [-0.39, 0.29) is 24.0 Å². The van der Waals surface area contributed by atoms with E-state index in [1.54, 1.807) is 23.3 Å². The number of benzene rings is 1. The number of anilines is 1. The molecule has 268 valence electrons. The van der Waals surface area contributed by atoms with Gasteiger partial charge in [0.15, 0.2) is 0 Å². The van der Waals surface area contributed by atoms with Crippen molar-refractivity contribution in [1.82, 2.24) is 14.9 Å². The van der Waals surface area contributed by atoms with Gasteiger partial charge in [-0.05, 0) is 126 Å². The number of aromatic nitrogens is 2. The molecule has 0 spiro atoms. The Morgan fingerprint density at radius 3 is 2.36 bits per heavy atom. The predicted octanol–water partition coefficient (Wildman–Crippen LogP) is 8.25. The third-order valence-corrected chi connectivity index (χ3v) is 12.8. The molecule has 4 aliphatic rings. The Morgan fingerprint density at radius 2 is 1.68 bits per heavy atom. The number of carbonyl (C=O) groups is 2. The molecule has 3 heterocycles. The summed E-state index contributed by atoms with van der Waals surface area (Å²) in [5.74, 6) is 2.49. The molecular weight excluding hydrogens is 649 g/mol. The van der Waals surface area contributed by atoms with Crippen molar-refractivity contribution in [3.05, 3.63) is 59.0 Å². The predicted molar refractivity (Wildman–Crippen MR) is 196 cm³/mol. The molecule has 50 heavy (non-hydrogen) atoms. The van der Waals surface area contributed by atoms with E-state index in [0.717, 1.165) is 47.6 Å². The molecule has 7 rings (SSSR count). The van der Waals surface area contributed by atoms with Crippen LogP contribution in [0.1, 0.15) is 112 Å². The lowest BCUT2D eigenvalue weighted by molar-refractivity contribution is -0.124. The van der Waals surface area contributed by atoms with Gasteiger partial charge in [-0.1, -0.05) is 12.1 Å². The van der Waals surface area contributed by atoms with Gasteiger partial charge in [0.1, 0.15) is 11.9 Å². The number of hydrogen-bond acceptors (Lipinski definition) is 8. The van der Waals surface area contributed by atoms with Crippen LogP contribution in [0.25, 0.3) is 10.4 Å². The minimum absolute atomic E-state index is 0.123. The van der Waals surface area contributed by atoms with Crippen molar-refractivity contribution in [3.8, 4) is 16.2 Å². The van der Waals surface area contributed by atoms with Crippen LogP contribution in [0.15, 0.2) is 42.9 Å². The van der Waals surface area contributed by atoms with Crippen molar-refractivity contribution < 1.29 is 24.2 Å². The topological polar surface area (TPSA) is 105 Å². The maximum atomic E-state index is 14.5. The molecule has 0 unspecified atom stereocenters. The summed E-state index contributed by atoms with van der Waals surface area (Å²) in [7, 11) is 1.72. The summed E-state index contributed by atoms with van der Waals surface area (Å²) < 4.78 is 11.4. The van der Waals surface area contributed by atoms with Crippen molar-refractivity contribution >= 4 is 29.0 Å². The monoisotopic (exact) mass is 700 g/mol. The Bertz CT molecular complexity index is 1640. The molecule has 3 aromatic rings. The molecule has 1 saturated heterocycles. The van der Waals surface area contributed by atoms with Gasteiger partial charge in [-0.3, -0.25) is 9.78 Å². The number of carbonyl (C=O) groups excluding carboxylic acids is 2. The summed E-state index contributed by atoms with van der Waals surface area (Å²) in [6.07, 6.45) is 15.9. The van der Waals surface area contributed by atoms with Crippen molar-refractivity contribution in [2.24, 2.45) is 11.8 Å². The smallest absolute Gasteiger partial charge is 0.410 e. The molecule has 1 aromatic carbocycles. The highest BCUT2D eigenvalue weighted by atomic mass is 32.1. The van der Waals surface area contributed by atoms with Crippen LogP contribution >= 0.6 is 11.3 Å². The van der Waals surface area contributed by atoms with Gasteiger partial charge in [-0.25, -0.2) is 9.78 Å². The molecule has 1 aliphatic heterocycles. The molecule has 2 aromatic heterocycles. The van der Waals surface area contributed by atoms with Gasteiger partial charge in [0.2, 0.25) is 5.91 Å². The van der Waals surface area contributed by atoms with E-state index in [1.807, 2.05) is 30.4 Å². The van der Waals surface area contributed by atoms with Crippen LogP contribution < -0.4 is 9.64 Å². The molecule has 9 nitrogen and oxygen atoms in total. The van der Waals surface area contributed by atoms with Crippen LogP contribution in [-0.4, -0.2) is 70.4 Å². The van der Waals surface area contributed by atoms with Gasteiger partial charge < -0.3 is 24.4 Å². The lowest BCUT2D eigenvalue weighted by Gasteiger charge is -2.37. The first-order valence-electron chi connectivity index (χ1n) is 18.7. The van der Waals surface area contributed by atoms with Gasteiger partial charge in [0, 0.05) is 49.4 Å². The van der Waals surface area contributed by atoms with E-state index in [2.05, 4.69) is 36.2 Å². The van der Waals surface area contributed by atoms with E-state index in [0.29, 0.717) is 75.9 Å². The Hall–Kier alpha value is -3.50. The highest BCUT2D eigenvalue weighted by Gasteiger charge is 2.36. The molecule has 0 bridgehead atoms. The number of aryl methyl sites for hydroxylation is 1. The number of piperidine rings is 1. The summed E-state index contributed by atoms with van der Waals surface area (Å²) in [6.45, 7) is 5.63. The fraction of sp³-hybridized carbons (Fsp3) is 0.600. The van der Waals surface area contributed by atoms with Crippen LogP contribution in [0.4, 0.5) is 10.5 Å². The highest BCUT2D eigenvalue weighted by Crippen LogP contribution is 2.44. The Morgan fingerprint density at radius 1 is 0.960 bits per heavy atom. The number of thiazole rings is 1. The minimum atomic E-state index is -0.717. The number of methoxy groups -OCH3 is 1. The second-order valence-electron chi connectivity index (χ2n) is 15.5. The van der Waals surface area contributed by atoms with Crippen LogP contribution in [0, 0.1) is 18.8 Å². The third-order valence-electron chi connectivity index (χ3n) is 11.6. The molecule has 1 N–H and O–H groups in total. The van der Waals surface area contributed by atoms with E-state index < -0.39 is 5.60 Å². The fourth-order valence-corrected chi connectivity index (χ4v) is 9.17. The van der Waals surface area contributed by atoms with Gasteiger partial charge in [-0.15, -0.1) is 11.3 Å². The lowest BCUT2D eigenvalue weighted by atomic mass is 9.78. The summed E-state index contributed by atoms with van der Waals surface area (Å²) in [6, 6.07) is 8.70. The average molecular weight is 701 g/mol. The highest BCUT2D eigenvalue weighted by molar-refractivity contribution is 7.15. The molecule has 3 saturated carbocycles. The maximum absolute atomic E-state index is 14.5. The van der Waals surface area contributed by atoms with E-state index in [9.17, 15) is 14.7 Å². The average Bonchev–Trinajstić information content (AvgIpc) is 3.86. The molecule has 0 atom stereocenters. The lowest BCUT2D eigenvalue weighted by Crippen LogP contribution is -2.46. The SMILES string of the molecule is COc1ccc(C2CCC(CN(C(=O)C3CCC(OC(=O)N4CCC(C)(O)CC4)CC3)c3cncc(-c4cnc(C5CC5)s4)c3)CC2)cc1C. The van der Waals surface area contributed by atoms with E-state index in [1.165, 1.54) is 29.0 Å². The number of hydrogen-bond donors (Lipinski definition) is 1. The normalized spacial score (nSPS) is 25.2. The van der Waals surface area contributed by atoms with Gasteiger partial charge in [0.25, 0.3) is 0 Å². The summed E-state index contributed by atoms with van der Waals surface area (Å²) in [5.41, 5.74) is 3.71. The van der Waals surface area contributed by atoms with Crippen molar-refractivity contribution in [2.75, 3.05) is 31.6 Å². The standard InChI is InChI=1S/C40H52N4O5S/c1-26-20-31(12-15-35(26)48-3)28-6-4-27(5-7-28)25-44(33-21-32(22-41-23-33)36-24-42-37(50-36)29-8-9-29)38(45)30-10-13-34(14-11-30)49-39(46)43-18-16-40(2,47)17-19-43/h12,15,20-24,27-30,34,47H,4-11,13-14,16-19,25H2,1-3H3. The van der Waals surface area contributed by atoms with Crippen molar-refractivity contribution in [1.29, 1.82) is 0 Å². The van der Waals surface area contributed by atoms with Gasteiger partial charge in [-0.2, -0.15) is 0 Å². The minimum Gasteiger partial charge on any atom is -0.496 e. The molecule has 4 fully saturated rings. The number of nitrogens with zero attached hydrogens (tertiary/aromatic N) is 4. The zero-order valence-electron chi connectivity index (χ0n) is 29.8. The quantitative estimate of drug-likeness (QED) is 0.240. The maximum Gasteiger partial charge on any atom is 0.410 e. The number of ether oxygens (including phenoxy) is 2. The third kappa shape index (κ3) is 8.17. The number of likely N-dealkylation sites (tertiary alicyclic amines) is 1. The Labute approximate surface area is 300 Å². The first-order valence-corrected chi connectivity index (χ1v) is 19.5. The number of amides is 2. The number of rotatable bonds is 9. The second kappa shape index (κ2) is 15.0. The summed E-state index contributed by atoms with van der Waals surface area (Å²) in [4.78, 5) is 41.5. The van der Waals surface area contributed by atoms with Crippen molar-refractivity contribution in [2.45, 2.75) is 114 Å². The first-order chi connectivity index (χ1) is 24.2. The number of pyridine rings is 1. The van der Waals surface area contributed by atoms with Crippen LogP contribution in [0.2, 0.25) is 0 Å². The number of aliphatic hydroxyl groups is 1. The Balaban J connectivity index is 1.02. The van der Waals surface area contributed by atoms with Gasteiger partial charge >= 0.3 is 6.09 Å². The van der Waals surface area contributed by atoms with E-state index >= 15 is 0 Å². The van der Waals surface area contributed by atoms with Crippen LogP contribution in [-0.2, 0) is 9.53 Å². The molecule has 2 amide bonds. The largest absolute Gasteiger partial charge is 0.496 e. The molecule has 3 aliphatic carbocycles. The van der Waals surface area contributed by atoms with E-state index in [4.69, 9.17) is 14.5 Å². The second-order valence-corrected chi connectivity index (χ2v) is 16.6. The summed E-state index contributed by atoms with van der Waals surface area (Å²) >= 11 is 1.75. The van der Waals surface area contributed by atoms with Crippen LogP contribution in [0.5, 0.6) is 5.75 Å².